The normalized spacial score (nSPS) is 14.4. The number of unbranched alkanes of at least 4 members (excludes halogenated alkanes) is 1. The average molecular weight is 1240 g/mol. The van der Waals surface area contributed by atoms with Gasteiger partial charge in [0.15, 0.2) is 0 Å². The van der Waals surface area contributed by atoms with E-state index in [4.69, 9.17) is 134 Å². The van der Waals surface area contributed by atoms with Crippen LogP contribution in [0.25, 0.3) is 0 Å². The predicted molar refractivity (Wildman–Crippen MR) is 293 cm³/mol. The summed E-state index contributed by atoms with van der Waals surface area (Å²) >= 11 is 7.30. The first-order chi connectivity index (χ1) is 37.7. The highest BCUT2D eigenvalue weighted by molar-refractivity contribution is 7.80. The molecular weight excluding hydrogens is 1160 g/mol. The van der Waals surface area contributed by atoms with Crippen LogP contribution in [-0.2, 0) is 59.2 Å². The molecule has 0 aliphatic carbocycles. The van der Waals surface area contributed by atoms with Gasteiger partial charge in [-0.15, -0.1) is 0 Å². The summed E-state index contributed by atoms with van der Waals surface area (Å²) in [6.45, 7) is 0.584. The van der Waals surface area contributed by atoms with Crippen LogP contribution in [-0.4, -0.2) is 270 Å². The number of aromatic amines is 1. The van der Waals surface area contributed by atoms with Crippen LogP contribution in [0.5, 0.6) is 0 Å². The molecule has 0 amide bonds. The number of nitrogens with one attached hydrogen (secondary N) is 2. The molecule has 42 heteroatoms. The van der Waals surface area contributed by atoms with Gasteiger partial charge in [-0.1, -0.05) is 6.42 Å². The maximum atomic E-state index is 10.3. The summed E-state index contributed by atoms with van der Waals surface area (Å²) in [5, 5.41) is 123. The van der Waals surface area contributed by atoms with Gasteiger partial charge in [-0.25, -0.2) is 4.98 Å². The fraction of sp³-hybridized carbons (Fsp3) is 0.650. The van der Waals surface area contributed by atoms with Gasteiger partial charge in [-0.2, -0.15) is 25.3 Å². The van der Waals surface area contributed by atoms with Crippen LogP contribution in [0.1, 0.15) is 44.7 Å². The summed E-state index contributed by atoms with van der Waals surface area (Å²) in [4.78, 5) is 114. The summed E-state index contributed by atoms with van der Waals surface area (Å²) in [5.74, 6) is -10.9. The molecule has 1 aromatic rings. The number of aliphatic hydroxyl groups excluding tert-OH is 4. The first-order valence-electron chi connectivity index (χ1n) is 22.8. The molecule has 2 rings (SSSR count). The molecule has 0 aromatic carbocycles. The van der Waals surface area contributed by atoms with Gasteiger partial charge in [0.2, 0.25) is 0 Å². The van der Waals surface area contributed by atoms with Gasteiger partial charge in [0.05, 0.1) is 45.0 Å². The SMILES string of the molecule is CC(N)C(=O)O.NC(CO)C(=O)O.NC(CO)C(=O)O.NC(CO)C(=O)O.NC(CO)C(=O)O.NC(CS)C(=O)O.NC(CS)C(=O)O.NC(Cc1c[nH]cn1)C(=O)O.NCC(=O)O.NCCCCC(N)C(=O)O.O=C(O)[C@@H]1CCCN1. The molecule has 0 spiro atoms. The molecule has 0 bridgehead atoms. The van der Waals surface area contributed by atoms with Crippen molar-refractivity contribution in [2.45, 2.75) is 106 Å². The molecule has 1 saturated heterocycles. The van der Waals surface area contributed by atoms with Gasteiger partial charge < -0.3 is 150 Å². The topological polar surface area (TPSA) is 818 Å². The average Bonchev–Trinajstić information content (AvgIpc) is 4.17. The highest BCUT2D eigenvalue weighted by atomic mass is 32.1. The Bertz CT molecular complexity index is 1690. The third-order valence-electron chi connectivity index (χ3n) is 7.59. The Balaban J connectivity index is -0.000000103. The van der Waals surface area contributed by atoms with E-state index in [9.17, 15) is 52.7 Å². The Morgan fingerprint density at radius 2 is 0.829 bits per heavy atom. The Kier molecular flexibility index (Phi) is 73.5. The Hall–Kier alpha value is -6.56. The second-order valence-corrected chi connectivity index (χ2v) is 15.6. The molecule has 1 aromatic heterocycles. The molecule has 82 heavy (non-hydrogen) atoms. The molecule has 1 fully saturated rings. The van der Waals surface area contributed by atoms with Crippen molar-refractivity contribution in [3.63, 3.8) is 0 Å². The van der Waals surface area contributed by atoms with Gasteiger partial charge >= 0.3 is 65.7 Å². The monoisotopic (exact) mass is 1240 g/mol. The van der Waals surface area contributed by atoms with E-state index in [0.717, 1.165) is 32.2 Å². The van der Waals surface area contributed by atoms with Crippen molar-refractivity contribution >= 4 is 90.9 Å². The lowest BCUT2D eigenvalue weighted by Crippen LogP contribution is -2.33. The van der Waals surface area contributed by atoms with Crippen molar-refractivity contribution in [2.24, 2.45) is 63.1 Å². The van der Waals surface area contributed by atoms with Crippen LogP contribution in [0.4, 0.5) is 0 Å². The number of carboxylic acids is 11. The van der Waals surface area contributed by atoms with Crippen LogP contribution in [0, 0.1) is 0 Å². The Labute approximate surface area is 479 Å². The van der Waals surface area contributed by atoms with Gasteiger partial charge in [0.25, 0.3) is 0 Å². The summed E-state index contributed by atoms with van der Waals surface area (Å²) in [7, 11) is 0. The smallest absolute Gasteiger partial charge is 0.322 e. The molecule has 484 valence electrons. The largest absolute Gasteiger partial charge is 0.480 e. The number of hydrogen-bond acceptors (Lipinski definition) is 30. The number of H-pyrrole nitrogens is 1. The first-order valence-corrected chi connectivity index (χ1v) is 24.0. The van der Waals surface area contributed by atoms with E-state index < -0.39 is 146 Å². The van der Waals surface area contributed by atoms with Crippen LogP contribution < -0.4 is 68.4 Å². The first kappa shape index (κ1) is 94.7. The summed E-state index contributed by atoms with van der Waals surface area (Å²) in [6.07, 6.45) is 7.33. The Morgan fingerprint density at radius 3 is 0.963 bits per heavy atom. The van der Waals surface area contributed by atoms with Gasteiger partial charge in [0, 0.05) is 24.1 Å². The van der Waals surface area contributed by atoms with E-state index in [2.05, 4.69) is 46.3 Å². The zero-order chi connectivity index (χ0) is 66.8. The number of carbonyl (C=O) groups is 11. The number of nitrogens with zero attached hydrogens (tertiary/aromatic N) is 1. The van der Waals surface area contributed by atoms with Crippen LogP contribution in [0.3, 0.4) is 0 Å². The zero-order valence-electron chi connectivity index (χ0n) is 44.4. The molecule has 1 aliphatic heterocycles. The number of aliphatic carboxylic acids is 11. The van der Waals surface area contributed by atoms with Crippen molar-refractivity contribution in [1.82, 2.24) is 15.3 Å². The fourth-order valence-corrected chi connectivity index (χ4v) is 3.02. The van der Waals surface area contributed by atoms with Crippen molar-refractivity contribution in [3.05, 3.63) is 18.2 Å². The van der Waals surface area contributed by atoms with E-state index in [1.807, 2.05) is 0 Å². The number of hydrogen-bond donors (Lipinski definition) is 30. The summed E-state index contributed by atoms with van der Waals surface area (Å²) < 4.78 is 0. The minimum Gasteiger partial charge on any atom is -0.480 e. The Morgan fingerprint density at radius 1 is 0.524 bits per heavy atom. The standard InChI is InChI=1S/C6H9N3O2.C6H14N2O2.C5H9NO2.4C3H7NO3.2C3H7NO2S.C3H7NO2.C2H5NO2/c7-5(6(10)11)1-4-2-8-3-9-4;7-4-2-1-3-5(8)6(9)10;7-5(8)4-2-1-3-6-4;4*4-2(1-5)3(6)7;2*4-2(1-7)3(5)6;1-2(4)3(5)6;3-1-2(4)5/h2-3,5H,1,7H2,(H,8,9)(H,10,11);5H,1-4,7-8H2,(H,9,10);4,6H,1-3H2,(H,7,8);4*2,5H,1,4H2,(H,6,7);2*2,7H,1,4H2,(H,5,6);2H,4H2,1H3,(H,5,6);1,3H2,(H,4,5)/t;;4-;;;;;;;;/m..0......../s1. The quantitative estimate of drug-likeness (QED) is 0.0357. The third-order valence-corrected chi connectivity index (χ3v) is 8.38. The van der Waals surface area contributed by atoms with Crippen molar-refractivity contribution in [1.29, 1.82) is 0 Å². The number of thiol groups is 2. The van der Waals surface area contributed by atoms with E-state index in [1.54, 1.807) is 6.20 Å². The molecule has 40 nitrogen and oxygen atoms in total. The van der Waals surface area contributed by atoms with E-state index in [-0.39, 0.29) is 30.5 Å². The van der Waals surface area contributed by atoms with Gasteiger partial charge in [-0.05, 0) is 45.7 Å². The number of aromatic nitrogens is 2. The molecule has 0 saturated carbocycles. The van der Waals surface area contributed by atoms with E-state index >= 15 is 0 Å². The lowest BCUT2D eigenvalue weighted by atomic mass is 10.1. The fourth-order valence-electron chi connectivity index (χ4n) is 2.71. The number of aliphatic hydroxyl groups is 4. The van der Waals surface area contributed by atoms with E-state index in [1.165, 1.54) is 13.3 Å². The molecule has 1 aliphatic rings. The molecule has 39 N–H and O–H groups in total. The lowest BCUT2D eigenvalue weighted by Gasteiger charge is -2.03. The summed E-state index contributed by atoms with van der Waals surface area (Å²) in [5.41, 5.74) is 54.7. The van der Waals surface area contributed by atoms with Crippen LogP contribution in [0.15, 0.2) is 12.5 Å². The van der Waals surface area contributed by atoms with E-state index in [0.29, 0.717) is 18.7 Å². The second kappa shape index (κ2) is 63.6. The molecule has 10 atom stereocenters. The second-order valence-electron chi connectivity index (χ2n) is 14.9. The highest BCUT2D eigenvalue weighted by Crippen LogP contribution is 2.03. The number of nitrogens with two attached hydrogens (primary N) is 11. The minimum atomic E-state index is -1.18. The van der Waals surface area contributed by atoms with Crippen LogP contribution in [0.2, 0.25) is 0 Å². The molecule has 9 unspecified atom stereocenters. The maximum absolute atomic E-state index is 10.3. The number of carboxylic acid groups (broad SMARTS) is 11. The molecule has 0 radical (unpaired) electrons. The minimum absolute atomic E-state index is 0.190. The highest BCUT2D eigenvalue weighted by Gasteiger charge is 2.20. The van der Waals surface area contributed by atoms with Gasteiger partial charge in [-0.3, -0.25) is 52.7 Å². The molecule has 2 heterocycles. The zero-order valence-corrected chi connectivity index (χ0v) is 46.2. The third kappa shape index (κ3) is 77.7. The summed E-state index contributed by atoms with van der Waals surface area (Å²) in [6, 6.07) is -8.71. The van der Waals surface area contributed by atoms with Gasteiger partial charge in [0.1, 0.15) is 60.4 Å². The van der Waals surface area contributed by atoms with Crippen molar-refractivity contribution in [2.75, 3.05) is 57.6 Å². The van der Waals surface area contributed by atoms with Crippen molar-refractivity contribution < 1.29 is 129 Å². The lowest BCUT2D eigenvalue weighted by molar-refractivity contribution is -0.140. The molecular formula is C40H86N14O26S2. The number of rotatable bonds is 23. The van der Waals surface area contributed by atoms with Crippen LogP contribution >= 0.6 is 25.3 Å². The predicted octanol–water partition coefficient (Wildman–Crippen LogP) is -10.6. The maximum Gasteiger partial charge on any atom is 0.322 e. The number of imidazole rings is 1. The van der Waals surface area contributed by atoms with Crippen molar-refractivity contribution in [3.8, 4) is 0 Å².